The van der Waals surface area contributed by atoms with Gasteiger partial charge in [-0.15, -0.1) is 0 Å². The molecule has 8 aromatic carbocycles. The maximum absolute atomic E-state index is 14.5. The van der Waals surface area contributed by atoms with Gasteiger partial charge in [-0.05, 0) is 103 Å². The van der Waals surface area contributed by atoms with Gasteiger partial charge in [-0.1, -0.05) is 146 Å². The maximum Gasteiger partial charge on any atom is 0.523 e. The minimum atomic E-state index is -5.67. The van der Waals surface area contributed by atoms with Crippen LogP contribution in [0, 0.1) is 11.6 Å². The van der Waals surface area contributed by atoms with Crippen molar-refractivity contribution in [2.24, 2.45) is 0 Å². The lowest BCUT2D eigenvalue weighted by Crippen LogP contribution is -2.50. The molecular formula is C100H128F5N10O28P5S. The van der Waals surface area contributed by atoms with Gasteiger partial charge in [-0.2, -0.15) is 21.6 Å². The summed E-state index contributed by atoms with van der Waals surface area (Å²) in [7, 11) is -8.24. The molecule has 3 fully saturated rings. The molecule has 0 atom stereocenters. The Hall–Kier alpha value is -10.4. The molecule has 7 heterocycles. The fraction of sp³-hybridized carbons (Fsp3) is 0.420. The number of aliphatic hydroxyl groups excluding tert-OH is 1. The summed E-state index contributed by atoms with van der Waals surface area (Å²) in [5, 5.41) is 23.8. The van der Waals surface area contributed by atoms with E-state index < -0.39 is 90.3 Å². The van der Waals surface area contributed by atoms with Crippen LogP contribution < -0.4 is 19.5 Å². The number of hydrogen-bond donors (Lipinski definition) is 3. The minimum absolute atomic E-state index is 0.0244. The van der Waals surface area contributed by atoms with Crippen LogP contribution in [-0.4, -0.2) is 305 Å². The van der Waals surface area contributed by atoms with Crippen molar-refractivity contribution in [1.29, 1.82) is 0 Å². The highest BCUT2D eigenvalue weighted by atomic mass is 32.2. The third-order valence-electron chi connectivity index (χ3n) is 24.2. The largest absolute Gasteiger partial charge is 0.523 e. The van der Waals surface area contributed by atoms with E-state index >= 15 is 0 Å². The molecule has 5 aliphatic rings. The van der Waals surface area contributed by atoms with Crippen molar-refractivity contribution in [2.75, 3.05) is 207 Å². The second-order valence-corrected chi connectivity index (χ2v) is 48.2. The molecule has 0 saturated carbocycles. The number of piperazine rings is 3. The van der Waals surface area contributed by atoms with Crippen LogP contribution in [0.3, 0.4) is 0 Å². The Labute approximate surface area is 863 Å². The number of carbonyl (C=O) groups is 4. The summed E-state index contributed by atoms with van der Waals surface area (Å²) in [5.41, 5.74) is 1.51. The molecule has 15 rings (SSSR count). The van der Waals surface area contributed by atoms with E-state index in [1.165, 1.54) is 81.1 Å². The van der Waals surface area contributed by atoms with E-state index in [4.69, 9.17) is 56.2 Å². The lowest BCUT2D eigenvalue weighted by molar-refractivity contribution is -0.0539. The molecule has 0 aliphatic carbocycles. The van der Waals surface area contributed by atoms with E-state index in [9.17, 15) is 77.5 Å². The SMILES string of the molecule is COP(=O)(CCN1CCN(C(=O)OC(C)(C)C)CC1)OC.COP(=O)(CCN1CCNCC1)OC.COP(=O)(CCO)OC.COP(=O)(CCOS(=O)(=O)C(F)(F)F)OC.COP(=O)(CN1CCN(C(=O)Oc2c3c(c(OC(c4ccccc4)c4ccccc4)c4ncccc24)C(=O)N(Cc2ccc(F)cc2)C3)CC1)OC.O=C1c2c(c(O)c3cccnc3c2OC(c2ccccc2)c2ccccc2)CN1Cc1ccc(F)cc1. The number of pyridine rings is 2. The number of amides is 4. The first-order valence-corrected chi connectivity index (χ1v) is 57.1. The maximum atomic E-state index is 14.5. The van der Waals surface area contributed by atoms with E-state index in [0.29, 0.717) is 102 Å². The fourth-order valence-electron chi connectivity index (χ4n) is 15.9. The highest BCUT2D eigenvalue weighted by Crippen LogP contribution is 2.53. The number of phenols is 1. The molecule has 0 unspecified atom stereocenters. The van der Waals surface area contributed by atoms with Gasteiger partial charge in [0.15, 0.2) is 11.5 Å². The third-order valence-corrected chi connectivity index (χ3v) is 34.5. The van der Waals surface area contributed by atoms with Crippen LogP contribution in [0.15, 0.2) is 207 Å². The first-order chi connectivity index (χ1) is 71.0. The van der Waals surface area contributed by atoms with Crippen molar-refractivity contribution < 1.29 is 151 Å². The van der Waals surface area contributed by atoms with Gasteiger partial charge >= 0.3 is 65.8 Å². The molecule has 149 heavy (non-hydrogen) atoms. The number of aliphatic hydroxyl groups is 1. The Morgan fingerprint density at radius 1 is 0.436 bits per heavy atom. The second-order valence-electron chi connectivity index (χ2n) is 34.8. The number of halogens is 5. The molecule has 0 spiro atoms. The molecule has 2 aromatic heterocycles. The Balaban J connectivity index is 0.000000203. The molecule has 38 nitrogen and oxygen atoms in total. The van der Waals surface area contributed by atoms with Crippen molar-refractivity contribution in [3.63, 3.8) is 0 Å². The van der Waals surface area contributed by atoms with E-state index in [0.717, 1.165) is 93.4 Å². The molecule has 3 N–H and O–H groups in total. The van der Waals surface area contributed by atoms with Crippen molar-refractivity contribution in [3.05, 3.63) is 274 Å². The third kappa shape index (κ3) is 34.0. The number of nitrogens with one attached hydrogen (secondary N) is 1. The molecule has 4 amide bonds. The molecule has 3 saturated heterocycles. The van der Waals surface area contributed by atoms with Gasteiger partial charge in [0.2, 0.25) is 0 Å². The highest BCUT2D eigenvalue weighted by molar-refractivity contribution is 7.87. The minimum Gasteiger partial charge on any atom is -0.507 e. The standard InChI is InChI=1S/C39H38FN4O7P.C31H23FN2O3.C13H27N2O5P.C8H19N2O3P.C5H10F3O6PS.C4H11O4P/c1-48-52(47,49-2)26-42-20-22-43(23-21-42)39(46)51-36-31-14-9-19-41-34(31)37(50-35(28-10-5-3-6-11-28)29-12-7-4-8-13-29)33-32(36)25-44(38(33)45)24-27-15-17-30(40)18-16-27;32-23-15-13-20(14-16-23)18-34-19-25-26(31(34)36)30(27-24(28(25)35)12-7-17-33-27)37-29(21-8-3-1-4-9-21)22-10-5-2-6-11-22;1-13(2,3)20-12(16)15-8-6-14(7-9-15)10-11-21(17,18-4)19-5;1-12-14(11,13-2)8-7-10-5-3-9-4-6-10;1-12-15(9,13-2)4-3-14-16(10,11)5(6,7)8;1-7-9(6,8-2)4-3-5/h3-19,35H,20-26H2,1-2H3;1-17,29,35H,18-19H2;6-11H2,1-5H3;9H,3-8H2,1-2H3;3-4H2,1-2H3;5H,3-4H2,1-2H3. The number of benzene rings is 8. The lowest BCUT2D eigenvalue weighted by atomic mass is 9.99. The summed E-state index contributed by atoms with van der Waals surface area (Å²) in [6.45, 7) is 14.8. The van der Waals surface area contributed by atoms with E-state index in [1.807, 2.05) is 147 Å². The Morgan fingerprint density at radius 3 is 1.17 bits per heavy atom. The summed E-state index contributed by atoms with van der Waals surface area (Å²) in [6.07, 6.45) is 1.67. The number of carbonyl (C=O) groups excluding carboxylic acids is 4. The smallest absolute Gasteiger partial charge is 0.507 e. The van der Waals surface area contributed by atoms with Crippen LogP contribution in [0.2, 0.25) is 0 Å². The van der Waals surface area contributed by atoms with Gasteiger partial charge in [-0.3, -0.25) is 56.4 Å². The number of ether oxygens (including phenoxy) is 4. The van der Waals surface area contributed by atoms with Gasteiger partial charge in [0, 0.05) is 210 Å². The monoisotopic (exact) mass is 2200 g/mol. The van der Waals surface area contributed by atoms with Crippen molar-refractivity contribution in [2.45, 2.75) is 70.3 Å². The van der Waals surface area contributed by atoms with Crippen LogP contribution in [0.25, 0.3) is 21.8 Å². The Morgan fingerprint density at radius 2 is 0.792 bits per heavy atom. The summed E-state index contributed by atoms with van der Waals surface area (Å²) in [5.74, 6) is -0.425. The van der Waals surface area contributed by atoms with Crippen molar-refractivity contribution in [3.8, 4) is 23.0 Å². The number of alkyl halides is 3. The zero-order valence-corrected chi connectivity index (χ0v) is 90.3. The second kappa shape index (κ2) is 56.3. The summed E-state index contributed by atoms with van der Waals surface area (Å²) < 4.78 is 218. The highest BCUT2D eigenvalue weighted by Gasteiger charge is 2.48. The quantitative estimate of drug-likeness (QED) is 0.0141. The molecular weight excluding hydrogens is 2070 g/mol. The number of fused-ring (bicyclic) bond motifs is 4. The molecule has 10 aromatic rings. The predicted molar refractivity (Wildman–Crippen MR) is 549 cm³/mol. The van der Waals surface area contributed by atoms with Gasteiger partial charge in [0.1, 0.15) is 58.3 Å². The van der Waals surface area contributed by atoms with Gasteiger partial charge in [-0.25, -0.2) is 18.4 Å². The summed E-state index contributed by atoms with van der Waals surface area (Å²) >= 11 is 0. The number of rotatable bonds is 37. The van der Waals surface area contributed by atoms with Crippen LogP contribution in [0.5, 0.6) is 23.0 Å². The number of aromatic nitrogens is 2. The van der Waals surface area contributed by atoms with Crippen molar-refractivity contribution in [1.82, 2.24) is 49.6 Å². The first kappa shape index (κ1) is 120. The van der Waals surface area contributed by atoms with Gasteiger partial charge in [0.05, 0.1) is 62.1 Å². The molecule has 812 valence electrons. The predicted octanol–water partition coefficient (Wildman–Crippen LogP) is 17.9. The number of nitrogens with zero attached hydrogens (tertiary/aromatic N) is 9. The fourth-order valence-corrected chi connectivity index (χ4v) is 21.3. The average molecular weight is 2200 g/mol. The normalized spacial score (nSPS) is 15.0. The first-order valence-electron chi connectivity index (χ1n) is 47.1. The van der Waals surface area contributed by atoms with Crippen LogP contribution >= 0.6 is 38.0 Å². The zero-order chi connectivity index (χ0) is 108. The number of aromatic hydroxyl groups is 1. The topological polar surface area (TPSA) is 427 Å². The Kier molecular flexibility index (Phi) is 45.5. The van der Waals surface area contributed by atoms with Crippen LogP contribution in [0.4, 0.5) is 31.5 Å². The van der Waals surface area contributed by atoms with E-state index in [1.54, 1.807) is 80.5 Å². The van der Waals surface area contributed by atoms with Crippen LogP contribution in [0.1, 0.15) is 98.2 Å². The zero-order valence-electron chi connectivity index (χ0n) is 85.0. The molecule has 5 aliphatic heterocycles. The van der Waals surface area contributed by atoms with Crippen molar-refractivity contribution >= 4 is 93.9 Å². The van der Waals surface area contributed by atoms with E-state index in [-0.39, 0.29) is 97.6 Å². The lowest BCUT2D eigenvalue weighted by Gasteiger charge is -2.35. The summed E-state index contributed by atoms with van der Waals surface area (Å²) in [6, 6.07) is 58.2. The van der Waals surface area contributed by atoms with Gasteiger partial charge in [0.25, 0.3) is 11.8 Å². The van der Waals surface area contributed by atoms with E-state index in [2.05, 4.69) is 42.4 Å². The molecule has 49 heteroatoms. The average Bonchev–Trinajstić information content (AvgIpc) is 1.61. The van der Waals surface area contributed by atoms with Gasteiger partial charge < -0.3 is 104 Å². The molecule has 0 bridgehead atoms. The van der Waals surface area contributed by atoms with Crippen LogP contribution in [-0.2, 0) is 113 Å². The summed E-state index contributed by atoms with van der Waals surface area (Å²) in [4.78, 5) is 76.1. The number of phenolic OH excluding ortho intramolecular Hbond substituents is 1. The number of hydrogen-bond acceptors (Lipinski definition) is 34. The molecule has 0 radical (unpaired) electrons. The Bertz CT molecular complexity index is 6300.